The Morgan fingerprint density at radius 2 is 2.38 bits per heavy atom. The van der Waals surface area contributed by atoms with E-state index in [1.54, 1.807) is 0 Å². The van der Waals surface area contributed by atoms with Gasteiger partial charge in [-0.3, -0.25) is 4.79 Å². The average Bonchev–Trinajstić information content (AvgIpc) is 2.48. The SMILES string of the molecule is CCNCC(C)CN1CCCC1=O. The molecule has 1 aliphatic heterocycles. The smallest absolute Gasteiger partial charge is 0.222 e. The Bertz CT molecular complexity index is 170. The van der Waals surface area contributed by atoms with E-state index in [2.05, 4.69) is 19.2 Å². The number of hydrogen-bond acceptors (Lipinski definition) is 2. The third kappa shape index (κ3) is 3.35. The van der Waals surface area contributed by atoms with Crippen molar-refractivity contribution in [1.82, 2.24) is 10.2 Å². The number of amides is 1. The molecule has 1 saturated heterocycles. The molecule has 0 aromatic carbocycles. The molecule has 1 heterocycles. The molecule has 1 N–H and O–H groups in total. The molecule has 3 heteroatoms. The zero-order valence-electron chi connectivity index (χ0n) is 8.68. The number of nitrogens with zero attached hydrogens (tertiary/aromatic N) is 1. The second-order valence-electron chi connectivity index (χ2n) is 3.86. The fourth-order valence-electron chi connectivity index (χ4n) is 1.73. The molecular formula is C10H20N2O. The molecule has 0 aromatic rings. The van der Waals surface area contributed by atoms with Gasteiger partial charge in [-0.15, -0.1) is 0 Å². The number of rotatable bonds is 5. The van der Waals surface area contributed by atoms with Crippen LogP contribution in [0, 0.1) is 5.92 Å². The molecule has 1 rings (SSSR count). The van der Waals surface area contributed by atoms with Crippen molar-refractivity contribution in [2.75, 3.05) is 26.2 Å². The van der Waals surface area contributed by atoms with Gasteiger partial charge in [0, 0.05) is 19.5 Å². The van der Waals surface area contributed by atoms with E-state index in [4.69, 9.17) is 0 Å². The van der Waals surface area contributed by atoms with Crippen molar-refractivity contribution in [3.63, 3.8) is 0 Å². The Labute approximate surface area is 80.5 Å². The van der Waals surface area contributed by atoms with E-state index in [-0.39, 0.29) is 0 Å². The minimum Gasteiger partial charge on any atom is -0.342 e. The maximum atomic E-state index is 11.3. The summed E-state index contributed by atoms with van der Waals surface area (Å²) in [5.74, 6) is 0.908. The molecule has 0 radical (unpaired) electrons. The van der Waals surface area contributed by atoms with Gasteiger partial charge in [0.05, 0.1) is 0 Å². The van der Waals surface area contributed by atoms with Crippen LogP contribution in [0.2, 0.25) is 0 Å². The van der Waals surface area contributed by atoms with Crippen molar-refractivity contribution in [1.29, 1.82) is 0 Å². The summed E-state index contributed by atoms with van der Waals surface area (Å²) in [6, 6.07) is 0. The largest absolute Gasteiger partial charge is 0.342 e. The molecule has 0 bridgehead atoms. The van der Waals surface area contributed by atoms with Gasteiger partial charge in [0.25, 0.3) is 0 Å². The Kier molecular flexibility index (Phi) is 4.22. The summed E-state index contributed by atoms with van der Waals surface area (Å²) in [6.45, 7) is 8.21. The van der Waals surface area contributed by atoms with Crippen LogP contribution in [-0.4, -0.2) is 37.0 Å². The lowest BCUT2D eigenvalue weighted by Gasteiger charge is -2.20. The summed E-state index contributed by atoms with van der Waals surface area (Å²) >= 11 is 0. The van der Waals surface area contributed by atoms with Crippen LogP contribution in [0.3, 0.4) is 0 Å². The van der Waals surface area contributed by atoms with Crippen LogP contribution >= 0.6 is 0 Å². The highest BCUT2D eigenvalue weighted by atomic mass is 16.2. The van der Waals surface area contributed by atoms with Gasteiger partial charge in [-0.2, -0.15) is 0 Å². The van der Waals surface area contributed by atoms with Crippen LogP contribution in [0.15, 0.2) is 0 Å². The standard InChI is InChI=1S/C10H20N2O/c1-3-11-7-9(2)8-12-6-4-5-10(12)13/h9,11H,3-8H2,1-2H3. The lowest BCUT2D eigenvalue weighted by molar-refractivity contribution is -0.128. The van der Waals surface area contributed by atoms with Gasteiger partial charge in [0.2, 0.25) is 5.91 Å². The van der Waals surface area contributed by atoms with Gasteiger partial charge < -0.3 is 10.2 Å². The number of nitrogens with one attached hydrogen (secondary N) is 1. The second-order valence-corrected chi connectivity index (χ2v) is 3.86. The van der Waals surface area contributed by atoms with Crippen LogP contribution < -0.4 is 5.32 Å². The van der Waals surface area contributed by atoms with Crippen LogP contribution in [0.4, 0.5) is 0 Å². The molecule has 0 aromatic heterocycles. The number of hydrogen-bond donors (Lipinski definition) is 1. The molecule has 13 heavy (non-hydrogen) atoms. The molecule has 0 aliphatic carbocycles. The first-order chi connectivity index (χ1) is 6.24. The Balaban J connectivity index is 2.19. The highest BCUT2D eigenvalue weighted by molar-refractivity contribution is 5.78. The van der Waals surface area contributed by atoms with Crippen LogP contribution in [0.5, 0.6) is 0 Å². The molecule has 1 aliphatic rings. The van der Waals surface area contributed by atoms with Crippen molar-refractivity contribution in [2.45, 2.75) is 26.7 Å². The number of carbonyl (C=O) groups is 1. The number of likely N-dealkylation sites (tertiary alicyclic amines) is 1. The van der Waals surface area contributed by atoms with Crippen molar-refractivity contribution < 1.29 is 4.79 Å². The third-order valence-electron chi connectivity index (χ3n) is 2.45. The summed E-state index contributed by atoms with van der Waals surface area (Å²) < 4.78 is 0. The van der Waals surface area contributed by atoms with Crippen molar-refractivity contribution in [2.24, 2.45) is 5.92 Å². The highest BCUT2D eigenvalue weighted by Gasteiger charge is 2.21. The molecular weight excluding hydrogens is 164 g/mol. The van der Waals surface area contributed by atoms with Gasteiger partial charge in [0.1, 0.15) is 0 Å². The summed E-state index contributed by atoms with van der Waals surface area (Å²) in [7, 11) is 0. The maximum Gasteiger partial charge on any atom is 0.222 e. The molecule has 76 valence electrons. The minimum atomic E-state index is 0.336. The monoisotopic (exact) mass is 184 g/mol. The van der Waals surface area contributed by atoms with E-state index < -0.39 is 0 Å². The van der Waals surface area contributed by atoms with Gasteiger partial charge in [-0.1, -0.05) is 13.8 Å². The maximum absolute atomic E-state index is 11.3. The minimum absolute atomic E-state index is 0.336. The molecule has 1 unspecified atom stereocenters. The average molecular weight is 184 g/mol. The van der Waals surface area contributed by atoms with E-state index in [0.29, 0.717) is 11.8 Å². The van der Waals surface area contributed by atoms with Crippen LogP contribution in [0.1, 0.15) is 26.7 Å². The lowest BCUT2D eigenvalue weighted by atomic mass is 10.1. The summed E-state index contributed by atoms with van der Waals surface area (Å²) in [5, 5.41) is 3.30. The molecule has 3 nitrogen and oxygen atoms in total. The highest BCUT2D eigenvalue weighted by Crippen LogP contribution is 2.11. The van der Waals surface area contributed by atoms with E-state index in [9.17, 15) is 4.79 Å². The topological polar surface area (TPSA) is 32.3 Å². The lowest BCUT2D eigenvalue weighted by Crippen LogP contribution is -2.34. The van der Waals surface area contributed by atoms with Crippen molar-refractivity contribution in [3.8, 4) is 0 Å². The summed E-state index contributed by atoms with van der Waals surface area (Å²) in [4.78, 5) is 13.3. The van der Waals surface area contributed by atoms with Crippen LogP contribution in [0.25, 0.3) is 0 Å². The molecule has 1 atom stereocenters. The normalized spacial score (nSPS) is 19.5. The zero-order chi connectivity index (χ0) is 9.68. The molecule has 1 amide bonds. The third-order valence-corrected chi connectivity index (χ3v) is 2.45. The predicted octanol–water partition coefficient (Wildman–Crippen LogP) is 0.854. The predicted molar refractivity (Wildman–Crippen MR) is 53.5 cm³/mol. The Morgan fingerprint density at radius 1 is 1.62 bits per heavy atom. The fourth-order valence-corrected chi connectivity index (χ4v) is 1.73. The van der Waals surface area contributed by atoms with E-state index in [1.807, 2.05) is 4.90 Å². The van der Waals surface area contributed by atoms with Gasteiger partial charge in [0.15, 0.2) is 0 Å². The summed E-state index contributed by atoms with van der Waals surface area (Å²) in [5.41, 5.74) is 0. The van der Waals surface area contributed by atoms with E-state index in [0.717, 1.165) is 39.0 Å². The van der Waals surface area contributed by atoms with Gasteiger partial charge >= 0.3 is 0 Å². The van der Waals surface area contributed by atoms with Gasteiger partial charge in [-0.05, 0) is 25.4 Å². The molecule has 1 fully saturated rings. The van der Waals surface area contributed by atoms with Crippen molar-refractivity contribution in [3.05, 3.63) is 0 Å². The second kappa shape index (κ2) is 5.22. The molecule has 0 saturated carbocycles. The number of carbonyl (C=O) groups excluding carboxylic acids is 1. The Hall–Kier alpha value is -0.570. The fraction of sp³-hybridized carbons (Fsp3) is 0.900. The first-order valence-corrected chi connectivity index (χ1v) is 5.22. The van der Waals surface area contributed by atoms with Gasteiger partial charge in [-0.25, -0.2) is 0 Å². The first-order valence-electron chi connectivity index (χ1n) is 5.22. The zero-order valence-corrected chi connectivity index (χ0v) is 8.68. The Morgan fingerprint density at radius 3 is 2.92 bits per heavy atom. The van der Waals surface area contributed by atoms with E-state index >= 15 is 0 Å². The van der Waals surface area contributed by atoms with Crippen molar-refractivity contribution >= 4 is 5.91 Å². The first kappa shape index (κ1) is 10.5. The quantitative estimate of drug-likeness (QED) is 0.687. The molecule has 0 spiro atoms. The summed E-state index contributed by atoms with van der Waals surface area (Å²) in [6.07, 6.45) is 1.81. The van der Waals surface area contributed by atoms with E-state index in [1.165, 1.54) is 0 Å². The van der Waals surface area contributed by atoms with Crippen LogP contribution in [-0.2, 0) is 4.79 Å².